The van der Waals surface area contributed by atoms with E-state index < -0.39 is 5.60 Å². The molecule has 2 saturated carbocycles. The number of rotatable bonds is 2. The molecule has 0 aromatic carbocycles. The van der Waals surface area contributed by atoms with E-state index in [1.807, 2.05) is 13.8 Å². The Balaban J connectivity index is 1.84. The molecule has 17 heavy (non-hydrogen) atoms. The first-order valence-electron chi connectivity index (χ1n) is 6.12. The topological polar surface area (TPSA) is 52.6 Å². The minimum Gasteiger partial charge on any atom is -0.458 e. The van der Waals surface area contributed by atoms with Crippen molar-refractivity contribution in [3.05, 3.63) is 11.6 Å². The second-order valence-electron chi connectivity index (χ2n) is 5.48. The molecule has 1 heterocycles. The molecule has 0 N–H and O–H groups in total. The van der Waals surface area contributed by atoms with Crippen molar-refractivity contribution >= 4 is 11.9 Å². The van der Waals surface area contributed by atoms with Gasteiger partial charge in [-0.3, -0.25) is 4.79 Å². The molecular formula is C13H16O4. The van der Waals surface area contributed by atoms with Gasteiger partial charge < -0.3 is 9.47 Å². The number of allylic oxidation sites excluding steroid dienone is 1. The van der Waals surface area contributed by atoms with Crippen LogP contribution in [0.1, 0.15) is 33.1 Å². The van der Waals surface area contributed by atoms with E-state index in [-0.39, 0.29) is 24.0 Å². The van der Waals surface area contributed by atoms with Crippen molar-refractivity contribution in [3.8, 4) is 0 Å². The Morgan fingerprint density at radius 2 is 2.24 bits per heavy atom. The van der Waals surface area contributed by atoms with Gasteiger partial charge in [0.05, 0.1) is 0 Å². The third kappa shape index (κ3) is 1.30. The van der Waals surface area contributed by atoms with Crippen molar-refractivity contribution in [3.63, 3.8) is 0 Å². The summed E-state index contributed by atoms with van der Waals surface area (Å²) in [5.74, 6) is -0.422. The summed E-state index contributed by atoms with van der Waals surface area (Å²) < 4.78 is 10.9. The van der Waals surface area contributed by atoms with Gasteiger partial charge in [-0.1, -0.05) is 5.57 Å². The van der Waals surface area contributed by atoms with E-state index in [1.165, 1.54) is 6.08 Å². The summed E-state index contributed by atoms with van der Waals surface area (Å²) in [5.41, 5.74) is 0.278. The smallest absolute Gasteiger partial charge is 0.331 e. The minimum atomic E-state index is -0.625. The summed E-state index contributed by atoms with van der Waals surface area (Å²) in [6.45, 7) is 3.70. The standard InChI is InChI=1S/C13H16O4/c1-7(2)5-11(14)17-13-8-3-4-10(13)16-12(15)9(13)6-8/h5,8-10H,3-4,6H2,1-2H3/t8-,9-,10-,13+/m0/s1. The van der Waals surface area contributed by atoms with Crippen molar-refractivity contribution in [2.24, 2.45) is 11.8 Å². The van der Waals surface area contributed by atoms with Gasteiger partial charge in [-0.25, -0.2) is 4.79 Å². The largest absolute Gasteiger partial charge is 0.458 e. The van der Waals surface area contributed by atoms with Gasteiger partial charge in [0.15, 0.2) is 5.60 Å². The SMILES string of the molecule is CC(C)=CC(=O)O[C@@]12[C@H]3CC[C@@H]1OC(=O)[C@@H]2C3. The van der Waals surface area contributed by atoms with E-state index in [9.17, 15) is 9.59 Å². The second-order valence-corrected chi connectivity index (χ2v) is 5.48. The van der Waals surface area contributed by atoms with Gasteiger partial charge in [0.1, 0.15) is 12.0 Å². The fraction of sp³-hybridized carbons (Fsp3) is 0.692. The molecule has 0 spiro atoms. The average Bonchev–Trinajstić information content (AvgIpc) is 2.49. The Morgan fingerprint density at radius 1 is 1.47 bits per heavy atom. The molecule has 1 aliphatic heterocycles. The van der Waals surface area contributed by atoms with E-state index in [0.717, 1.165) is 24.8 Å². The molecule has 0 aromatic heterocycles. The van der Waals surface area contributed by atoms with Gasteiger partial charge >= 0.3 is 11.9 Å². The summed E-state index contributed by atoms with van der Waals surface area (Å²) in [6.07, 6.45) is 3.92. The van der Waals surface area contributed by atoms with Gasteiger partial charge in [-0.15, -0.1) is 0 Å². The molecule has 3 rings (SSSR count). The number of hydrogen-bond acceptors (Lipinski definition) is 4. The number of ether oxygens (including phenoxy) is 2. The second kappa shape index (κ2) is 3.34. The van der Waals surface area contributed by atoms with E-state index in [0.29, 0.717) is 5.92 Å². The van der Waals surface area contributed by atoms with Crippen molar-refractivity contribution in [2.75, 3.05) is 0 Å². The normalized spacial score (nSPS) is 41.3. The molecule has 0 radical (unpaired) electrons. The Labute approximate surface area is 100.0 Å². The molecule has 3 aliphatic rings. The van der Waals surface area contributed by atoms with Crippen LogP contribution in [0.15, 0.2) is 11.6 Å². The molecule has 2 aliphatic carbocycles. The van der Waals surface area contributed by atoms with Crippen LogP contribution in [-0.4, -0.2) is 23.6 Å². The van der Waals surface area contributed by atoms with Crippen LogP contribution < -0.4 is 0 Å². The molecule has 0 bridgehead atoms. The highest BCUT2D eigenvalue weighted by Gasteiger charge is 2.74. The van der Waals surface area contributed by atoms with Crippen LogP contribution in [0.4, 0.5) is 0 Å². The van der Waals surface area contributed by atoms with E-state index in [4.69, 9.17) is 9.47 Å². The Morgan fingerprint density at radius 3 is 2.94 bits per heavy atom. The first-order chi connectivity index (χ1) is 8.04. The third-order valence-corrected chi connectivity index (χ3v) is 4.21. The maximum absolute atomic E-state index is 11.8. The van der Waals surface area contributed by atoms with Gasteiger partial charge in [-0.05, 0) is 33.1 Å². The maximum atomic E-state index is 11.8. The molecule has 4 nitrogen and oxygen atoms in total. The van der Waals surface area contributed by atoms with Crippen LogP contribution in [0.5, 0.6) is 0 Å². The van der Waals surface area contributed by atoms with Crippen LogP contribution in [0, 0.1) is 11.8 Å². The summed E-state index contributed by atoms with van der Waals surface area (Å²) in [5, 5.41) is 0. The van der Waals surface area contributed by atoms with E-state index in [2.05, 4.69) is 0 Å². The fourth-order valence-electron chi connectivity index (χ4n) is 3.50. The maximum Gasteiger partial charge on any atom is 0.331 e. The van der Waals surface area contributed by atoms with Crippen molar-refractivity contribution < 1.29 is 19.1 Å². The Hall–Kier alpha value is -1.32. The Kier molecular flexibility index (Phi) is 2.12. The number of hydrogen-bond donors (Lipinski definition) is 0. The summed E-state index contributed by atoms with van der Waals surface area (Å²) in [4.78, 5) is 23.4. The van der Waals surface area contributed by atoms with Crippen molar-refractivity contribution in [1.82, 2.24) is 0 Å². The van der Waals surface area contributed by atoms with E-state index >= 15 is 0 Å². The lowest BCUT2D eigenvalue weighted by molar-refractivity contribution is -0.186. The van der Waals surface area contributed by atoms with Crippen LogP contribution in [0.25, 0.3) is 0 Å². The summed E-state index contributed by atoms with van der Waals surface area (Å²) in [7, 11) is 0. The number of carbonyl (C=O) groups is 2. The highest BCUT2D eigenvalue weighted by Crippen LogP contribution is 2.62. The third-order valence-electron chi connectivity index (χ3n) is 4.21. The van der Waals surface area contributed by atoms with Crippen LogP contribution in [0.3, 0.4) is 0 Å². The molecule has 4 atom stereocenters. The lowest BCUT2D eigenvalue weighted by atomic mass is 9.63. The number of carbonyl (C=O) groups excluding carboxylic acids is 2. The monoisotopic (exact) mass is 236 g/mol. The summed E-state index contributed by atoms with van der Waals surface area (Å²) in [6, 6.07) is 0. The molecule has 4 heteroatoms. The molecule has 0 aromatic rings. The van der Waals surface area contributed by atoms with Crippen molar-refractivity contribution in [2.45, 2.75) is 44.8 Å². The van der Waals surface area contributed by atoms with Gasteiger partial charge in [0.25, 0.3) is 0 Å². The molecule has 0 amide bonds. The minimum absolute atomic E-state index is 0.184. The lowest BCUT2D eigenvalue weighted by Gasteiger charge is -2.45. The first-order valence-corrected chi connectivity index (χ1v) is 6.12. The molecule has 92 valence electrons. The highest BCUT2D eigenvalue weighted by atomic mass is 16.6. The first kappa shape index (κ1) is 10.8. The van der Waals surface area contributed by atoms with Crippen molar-refractivity contribution in [1.29, 1.82) is 0 Å². The molecule has 1 saturated heterocycles. The molecule has 3 fully saturated rings. The van der Waals surface area contributed by atoms with E-state index in [1.54, 1.807) is 0 Å². The van der Waals surface area contributed by atoms with Crippen LogP contribution in [0.2, 0.25) is 0 Å². The molecular weight excluding hydrogens is 220 g/mol. The number of esters is 2. The zero-order valence-electron chi connectivity index (χ0n) is 10.1. The fourth-order valence-corrected chi connectivity index (χ4v) is 3.50. The van der Waals surface area contributed by atoms with Gasteiger partial charge in [0, 0.05) is 12.0 Å². The highest BCUT2D eigenvalue weighted by molar-refractivity contribution is 5.85. The zero-order chi connectivity index (χ0) is 12.2. The zero-order valence-corrected chi connectivity index (χ0v) is 10.1. The van der Waals surface area contributed by atoms with Gasteiger partial charge in [-0.2, -0.15) is 0 Å². The average molecular weight is 236 g/mol. The Bertz CT molecular complexity index is 421. The predicted octanol–water partition coefficient (Wildman–Crippen LogP) is 1.59. The quantitative estimate of drug-likeness (QED) is 0.539. The lowest BCUT2D eigenvalue weighted by Crippen LogP contribution is -2.58. The molecule has 0 unspecified atom stereocenters. The predicted molar refractivity (Wildman–Crippen MR) is 59.0 cm³/mol. The van der Waals surface area contributed by atoms with Gasteiger partial charge in [0.2, 0.25) is 0 Å². The van der Waals surface area contributed by atoms with Crippen LogP contribution in [-0.2, 0) is 19.1 Å². The summed E-state index contributed by atoms with van der Waals surface area (Å²) >= 11 is 0. The van der Waals surface area contributed by atoms with Crippen LogP contribution >= 0.6 is 0 Å².